The Kier molecular flexibility index (Phi) is 7.09. The number of ether oxygens (including phenoxy) is 1. The second-order valence-corrected chi connectivity index (χ2v) is 8.98. The third kappa shape index (κ3) is 5.29. The number of likely N-dealkylation sites (N-methyl/N-ethyl adjacent to an activating group) is 1. The number of likely N-dealkylation sites (tertiary alicyclic amines) is 1. The topological polar surface area (TPSA) is 79.4 Å². The van der Waals surface area contributed by atoms with Crippen LogP contribution in [0.4, 0.5) is 21.6 Å². The van der Waals surface area contributed by atoms with Crippen LogP contribution < -0.4 is 15.4 Å². The standard InChI is InChI=1S/C29H28FN5O2/c1-35-16-6-8-20(35)12-15-26(36)33-25-14-13-24-28(27(25)19-7-5-9-21(17-19)37-2)29(32-18-31-24)34-23-11-4-3-10-22(23)30/h3-5,7,9-15,17-18,20H,6,8,16H2,1-2H3,(H,33,36)(H,31,32,34)/b15-12+/t20-/m1/s1. The summed E-state index contributed by atoms with van der Waals surface area (Å²) < 4.78 is 20.0. The van der Waals surface area contributed by atoms with Crippen molar-refractivity contribution in [2.45, 2.75) is 18.9 Å². The molecule has 0 spiro atoms. The second-order valence-electron chi connectivity index (χ2n) is 8.98. The third-order valence-corrected chi connectivity index (χ3v) is 6.59. The molecule has 0 saturated carbocycles. The highest BCUT2D eigenvalue weighted by molar-refractivity contribution is 6.11. The van der Waals surface area contributed by atoms with Gasteiger partial charge in [-0.2, -0.15) is 0 Å². The number of methoxy groups -OCH3 is 1. The molecule has 7 nitrogen and oxygen atoms in total. The SMILES string of the molecule is COc1cccc(-c2c(NC(=O)/C=C/[C@H]3CCCN3C)ccc3ncnc(Nc4ccccc4F)c23)c1. The molecule has 1 fully saturated rings. The average Bonchev–Trinajstić information content (AvgIpc) is 3.33. The van der Waals surface area contributed by atoms with Gasteiger partial charge in [0.2, 0.25) is 5.91 Å². The maximum atomic E-state index is 14.5. The molecule has 1 atom stereocenters. The van der Waals surface area contributed by atoms with Crippen molar-refractivity contribution in [1.82, 2.24) is 14.9 Å². The first-order chi connectivity index (χ1) is 18.0. The van der Waals surface area contributed by atoms with E-state index in [2.05, 4.69) is 32.5 Å². The summed E-state index contributed by atoms with van der Waals surface area (Å²) >= 11 is 0. The molecule has 3 aromatic carbocycles. The summed E-state index contributed by atoms with van der Waals surface area (Å²) in [7, 11) is 3.66. The van der Waals surface area contributed by atoms with E-state index in [0.717, 1.165) is 24.9 Å². The molecule has 0 bridgehead atoms. The lowest BCUT2D eigenvalue weighted by Crippen LogP contribution is -2.23. The molecule has 4 aromatic rings. The van der Waals surface area contributed by atoms with E-state index in [9.17, 15) is 9.18 Å². The molecule has 1 aliphatic heterocycles. The maximum Gasteiger partial charge on any atom is 0.248 e. The number of benzene rings is 3. The Hall–Kier alpha value is -4.30. The molecule has 1 saturated heterocycles. The minimum absolute atomic E-state index is 0.232. The highest BCUT2D eigenvalue weighted by Crippen LogP contribution is 2.40. The van der Waals surface area contributed by atoms with E-state index in [-0.39, 0.29) is 17.6 Å². The number of halogens is 1. The summed E-state index contributed by atoms with van der Waals surface area (Å²) in [6.07, 6.45) is 7.12. The summed E-state index contributed by atoms with van der Waals surface area (Å²) in [6.45, 7) is 1.03. The number of rotatable bonds is 7. The maximum absolute atomic E-state index is 14.5. The van der Waals surface area contributed by atoms with Gasteiger partial charge in [0.05, 0.1) is 23.7 Å². The van der Waals surface area contributed by atoms with Gasteiger partial charge in [-0.1, -0.05) is 30.3 Å². The van der Waals surface area contributed by atoms with Crippen molar-refractivity contribution in [1.29, 1.82) is 0 Å². The highest BCUT2D eigenvalue weighted by Gasteiger charge is 2.20. The number of para-hydroxylation sites is 1. The number of anilines is 3. The molecule has 1 aliphatic rings. The van der Waals surface area contributed by atoms with E-state index in [0.29, 0.717) is 33.7 Å². The number of carbonyl (C=O) groups is 1. The van der Waals surface area contributed by atoms with Crippen molar-refractivity contribution in [3.8, 4) is 16.9 Å². The zero-order valence-corrected chi connectivity index (χ0v) is 20.7. The van der Waals surface area contributed by atoms with Crippen LogP contribution in [0.15, 0.2) is 79.1 Å². The Labute approximate surface area is 215 Å². The molecule has 0 radical (unpaired) electrons. The monoisotopic (exact) mass is 497 g/mol. The third-order valence-electron chi connectivity index (χ3n) is 6.59. The van der Waals surface area contributed by atoms with Crippen molar-refractivity contribution >= 4 is 34.0 Å². The summed E-state index contributed by atoms with van der Waals surface area (Å²) in [5.41, 5.74) is 3.02. The van der Waals surface area contributed by atoms with Crippen molar-refractivity contribution in [2.24, 2.45) is 0 Å². The summed E-state index contributed by atoms with van der Waals surface area (Å²) in [6, 6.07) is 17.8. The van der Waals surface area contributed by atoms with Gasteiger partial charge >= 0.3 is 0 Å². The zero-order valence-electron chi connectivity index (χ0n) is 20.7. The van der Waals surface area contributed by atoms with Gasteiger partial charge in [-0.25, -0.2) is 14.4 Å². The van der Waals surface area contributed by atoms with Crippen molar-refractivity contribution in [3.63, 3.8) is 0 Å². The molecular formula is C29H28FN5O2. The van der Waals surface area contributed by atoms with Crippen LogP contribution in [-0.4, -0.2) is 47.5 Å². The summed E-state index contributed by atoms with van der Waals surface area (Å²) in [4.78, 5) is 24.1. The van der Waals surface area contributed by atoms with E-state index in [1.165, 1.54) is 12.4 Å². The van der Waals surface area contributed by atoms with Gasteiger partial charge in [0.1, 0.15) is 23.7 Å². The van der Waals surface area contributed by atoms with Crippen LogP contribution in [0.2, 0.25) is 0 Å². The first kappa shape index (κ1) is 24.4. The fourth-order valence-corrected chi connectivity index (χ4v) is 4.67. The van der Waals surface area contributed by atoms with Crippen LogP contribution in [0.3, 0.4) is 0 Å². The number of aromatic nitrogens is 2. The number of nitrogens with zero attached hydrogens (tertiary/aromatic N) is 3. The number of amides is 1. The Morgan fingerprint density at radius 2 is 1.97 bits per heavy atom. The van der Waals surface area contributed by atoms with Crippen LogP contribution in [-0.2, 0) is 4.79 Å². The smallest absolute Gasteiger partial charge is 0.248 e. The Bertz CT molecular complexity index is 1470. The van der Waals surface area contributed by atoms with E-state index < -0.39 is 5.82 Å². The van der Waals surface area contributed by atoms with Crippen LogP contribution in [0.1, 0.15) is 12.8 Å². The molecule has 188 valence electrons. The Morgan fingerprint density at radius 3 is 2.76 bits per heavy atom. The molecule has 2 heterocycles. The first-order valence-electron chi connectivity index (χ1n) is 12.2. The number of nitrogens with one attached hydrogen (secondary N) is 2. The minimum Gasteiger partial charge on any atom is -0.497 e. The van der Waals surface area contributed by atoms with Crippen LogP contribution in [0, 0.1) is 5.82 Å². The van der Waals surface area contributed by atoms with Crippen molar-refractivity contribution in [2.75, 3.05) is 31.3 Å². The normalized spacial score (nSPS) is 15.8. The van der Waals surface area contributed by atoms with Gasteiger partial charge in [0.25, 0.3) is 0 Å². The highest BCUT2D eigenvalue weighted by atomic mass is 19.1. The number of carbonyl (C=O) groups excluding carboxylic acids is 1. The Balaban J connectivity index is 1.61. The predicted octanol–water partition coefficient (Wildman–Crippen LogP) is 5.78. The van der Waals surface area contributed by atoms with Crippen LogP contribution in [0.25, 0.3) is 22.0 Å². The molecular weight excluding hydrogens is 469 g/mol. The zero-order chi connectivity index (χ0) is 25.8. The van der Waals surface area contributed by atoms with E-state index >= 15 is 0 Å². The quantitative estimate of drug-likeness (QED) is 0.315. The summed E-state index contributed by atoms with van der Waals surface area (Å²) in [5.74, 6) is 0.455. The second kappa shape index (κ2) is 10.8. The first-order valence-corrected chi connectivity index (χ1v) is 12.2. The lowest BCUT2D eigenvalue weighted by Gasteiger charge is -2.17. The van der Waals surface area contributed by atoms with Crippen LogP contribution >= 0.6 is 0 Å². The van der Waals surface area contributed by atoms with E-state index in [1.807, 2.05) is 42.5 Å². The lowest BCUT2D eigenvalue weighted by molar-refractivity contribution is -0.111. The fraction of sp³-hybridized carbons (Fsp3) is 0.207. The fourth-order valence-electron chi connectivity index (χ4n) is 4.67. The van der Waals surface area contributed by atoms with Gasteiger partial charge in [-0.05, 0) is 68.4 Å². The van der Waals surface area contributed by atoms with Gasteiger partial charge in [0.15, 0.2) is 0 Å². The Morgan fingerprint density at radius 1 is 1.11 bits per heavy atom. The van der Waals surface area contributed by atoms with Crippen molar-refractivity contribution < 1.29 is 13.9 Å². The van der Waals surface area contributed by atoms with Crippen molar-refractivity contribution in [3.05, 3.63) is 85.0 Å². The van der Waals surface area contributed by atoms with Gasteiger partial charge < -0.3 is 15.4 Å². The molecule has 0 aliphatic carbocycles. The number of hydrogen-bond donors (Lipinski definition) is 2. The number of hydrogen-bond acceptors (Lipinski definition) is 6. The number of fused-ring (bicyclic) bond motifs is 1. The minimum atomic E-state index is -0.399. The molecule has 1 amide bonds. The predicted molar refractivity (Wildman–Crippen MR) is 145 cm³/mol. The van der Waals surface area contributed by atoms with Gasteiger partial charge in [-0.3, -0.25) is 9.69 Å². The molecule has 1 aromatic heterocycles. The molecule has 0 unspecified atom stereocenters. The van der Waals surface area contributed by atoms with Gasteiger partial charge in [-0.15, -0.1) is 0 Å². The van der Waals surface area contributed by atoms with Crippen LogP contribution in [0.5, 0.6) is 5.75 Å². The molecule has 2 N–H and O–H groups in total. The van der Waals surface area contributed by atoms with E-state index in [1.54, 1.807) is 31.4 Å². The van der Waals surface area contributed by atoms with Gasteiger partial charge in [0, 0.05) is 23.4 Å². The molecule has 37 heavy (non-hydrogen) atoms. The molecule has 5 rings (SSSR count). The lowest BCUT2D eigenvalue weighted by atomic mass is 9.98. The van der Waals surface area contributed by atoms with E-state index in [4.69, 9.17) is 4.74 Å². The summed E-state index contributed by atoms with van der Waals surface area (Å²) in [5, 5.41) is 6.80. The average molecular weight is 498 g/mol. The largest absolute Gasteiger partial charge is 0.497 e. The molecule has 8 heteroatoms.